The molecule has 0 amide bonds. The van der Waals surface area contributed by atoms with Gasteiger partial charge in [0.2, 0.25) is 0 Å². The molecule has 2 aromatic rings. The van der Waals surface area contributed by atoms with E-state index in [1.807, 2.05) is 18.2 Å². The van der Waals surface area contributed by atoms with Crippen LogP contribution in [0.1, 0.15) is 6.92 Å². The molecule has 2 nitrogen and oxygen atoms in total. The molecule has 0 aromatic heterocycles. The van der Waals surface area contributed by atoms with Crippen molar-refractivity contribution in [3.63, 3.8) is 0 Å². The van der Waals surface area contributed by atoms with Crippen molar-refractivity contribution in [1.29, 1.82) is 0 Å². The smallest absolute Gasteiger partial charge is 0.119 e. The first-order valence-electron chi connectivity index (χ1n) is 7.40. The van der Waals surface area contributed by atoms with Crippen molar-refractivity contribution in [3.05, 3.63) is 54.6 Å². The van der Waals surface area contributed by atoms with Gasteiger partial charge in [-0.1, -0.05) is 49.4 Å². The van der Waals surface area contributed by atoms with Crippen LogP contribution < -0.4 is 4.74 Å². The van der Waals surface area contributed by atoms with Gasteiger partial charge in [0, 0.05) is 19.0 Å². The summed E-state index contributed by atoms with van der Waals surface area (Å²) in [4.78, 5) is 2.28. The average molecular weight is 340 g/mol. The minimum atomic E-state index is 0. The van der Waals surface area contributed by atoms with Gasteiger partial charge in [-0.05, 0) is 29.8 Å². The van der Waals surface area contributed by atoms with E-state index in [9.17, 15) is 0 Å². The highest BCUT2D eigenvalue weighted by molar-refractivity contribution is 6.18. The van der Waals surface area contributed by atoms with Crippen molar-refractivity contribution in [2.75, 3.05) is 32.1 Å². The highest BCUT2D eigenvalue weighted by Crippen LogP contribution is 2.21. The van der Waals surface area contributed by atoms with Gasteiger partial charge in [0.25, 0.3) is 0 Å². The van der Waals surface area contributed by atoms with Gasteiger partial charge in [0.15, 0.2) is 0 Å². The fourth-order valence-corrected chi connectivity index (χ4v) is 2.45. The van der Waals surface area contributed by atoms with Gasteiger partial charge in [-0.2, -0.15) is 0 Å². The Balaban J connectivity index is 0.00000242. The number of benzene rings is 2. The summed E-state index contributed by atoms with van der Waals surface area (Å²) in [5.41, 5.74) is 2.43. The molecule has 0 aliphatic rings. The van der Waals surface area contributed by atoms with E-state index in [2.05, 4.69) is 48.2 Å². The number of halogens is 2. The third-order valence-corrected chi connectivity index (χ3v) is 3.65. The van der Waals surface area contributed by atoms with E-state index in [0.717, 1.165) is 25.4 Å². The monoisotopic (exact) mass is 339 g/mol. The molecule has 0 saturated carbocycles. The van der Waals surface area contributed by atoms with Crippen molar-refractivity contribution in [2.45, 2.75) is 6.92 Å². The average Bonchev–Trinajstić information content (AvgIpc) is 2.55. The summed E-state index contributed by atoms with van der Waals surface area (Å²) in [6, 6.07) is 18.6. The molecule has 0 aliphatic heterocycles. The summed E-state index contributed by atoms with van der Waals surface area (Å²) < 4.78 is 5.79. The highest BCUT2D eigenvalue weighted by Gasteiger charge is 2.02. The van der Waals surface area contributed by atoms with E-state index in [1.54, 1.807) is 0 Å². The molecular weight excluding hydrogens is 317 g/mol. The van der Waals surface area contributed by atoms with Crippen LogP contribution in [-0.4, -0.2) is 37.0 Å². The molecule has 2 rings (SSSR count). The predicted molar refractivity (Wildman–Crippen MR) is 97.5 cm³/mol. The molecule has 0 spiro atoms. The SMILES string of the molecule is CCN(CCCl)CCOc1ccc(-c2ccccc2)cc1.Cl. The Morgan fingerprint density at radius 2 is 1.55 bits per heavy atom. The van der Waals surface area contributed by atoms with Crippen LogP contribution in [0.15, 0.2) is 54.6 Å². The molecule has 22 heavy (non-hydrogen) atoms. The minimum Gasteiger partial charge on any atom is -0.492 e. The van der Waals surface area contributed by atoms with Crippen LogP contribution in [0.25, 0.3) is 11.1 Å². The Morgan fingerprint density at radius 3 is 2.14 bits per heavy atom. The van der Waals surface area contributed by atoms with Crippen LogP contribution in [0.3, 0.4) is 0 Å². The molecule has 2 aromatic carbocycles. The summed E-state index contributed by atoms with van der Waals surface area (Å²) in [7, 11) is 0. The molecule has 120 valence electrons. The molecule has 0 bridgehead atoms. The molecule has 4 heteroatoms. The lowest BCUT2D eigenvalue weighted by atomic mass is 10.1. The Hall–Kier alpha value is -1.22. The maximum Gasteiger partial charge on any atom is 0.119 e. The molecule has 0 aliphatic carbocycles. The number of alkyl halides is 1. The predicted octanol–water partition coefficient (Wildman–Crippen LogP) is 4.71. The largest absolute Gasteiger partial charge is 0.492 e. The zero-order chi connectivity index (χ0) is 14.9. The number of nitrogens with zero attached hydrogens (tertiary/aromatic N) is 1. The zero-order valence-corrected chi connectivity index (χ0v) is 14.4. The van der Waals surface area contributed by atoms with Crippen molar-refractivity contribution >= 4 is 24.0 Å². The van der Waals surface area contributed by atoms with E-state index in [-0.39, 0.29) is 12.4 Å². The topological polar surface area (TPSA) is 12.5 Å². The fraction of sp³-hybridized carbons (Fsp3) is 0.333. The molecule has 0 fully saturated rings. The first-order valence-corrected chi connectivity index (χ1v) is 7.93. The second kappa shape index (κ2) is 10.5. The van der Waals surface area contributed by atoms with Crippen LogP contribution in [0.4, 0.5) is 0 Å². The standard InChI is InChI=1S/C18H22ClNO.ClH/c1-2-20(13-12-19)14-15-21-18-10-8-17(9-11-18)16-6-4-3-5-7-16;/h3-11H,2,12-15H2,1H3;1H. The van der Waals surface area contributed by atoms with Crippen LogP contribution in [0, 0.1) is 0 Å². The Kier molecular flexibility index (Phi) is 8.98. The summed E-state index contributed by atoms with van der Waals surface area (Å²) in [6.07, 6.45) is 0. The third kappa shape index (κ3) is 5.88. The van der Waals surface area contributed by atoms with E-state index in [1.165, 1.54) is 11.1 Å². The maximum atomic E-state index is 5.79. The number of hydrogen-bond donors (Lipinski definition) is 0. The lowest BCUT2D eigenvalue weighted by Crippen LogP contribution is -2.30. The highest BCUT2D eigenvalue weighted by atomic mass is 35.5. The van der Waals surface area contributed by atoms with Crippen molar-refractivity contribution < 1.29 is 4.74 Å². The van der Waals surface area contributed by atoms with Gasteiger partial charge in [0.1, 0.15) is 12.4 Å². The van der Waals surface area contributed by atoms with E-state index in [4.69, 9.17) is 16.3 Å². The first-order chi connectivity index (χ1) is 10.3. The first kappa shape index (κ1) is 18.8. The van der Waals surface area contributed by atoms with Crippen LogP contribution >= 0.6 is 24.0 Å². The second-order valence-corrected chi connectivity index (χ2v) is 5.24. The molecule has 0 radical (unpaired) electrons. The van der Waals surface area contributed by atoms with Gasteiger partial charge >= 0.3 is 0 Å². The van der Waals surface area contributed by atoms with Gasteiger partial charge in [-0.25, -0.2) is 0 Å². The summed E-state index contributed by atoms with van der Waals surface area (Å²) >= 11 is 5.76. The van der Waals surface area contributed by atoms with E-state index < -0.39 is 0 Å². The number of likely N-dealkylation sites (N-methyl/N-ethyl adjacent to an activating group) is 1. The van der Waals surface area contributed by atoms with E-state index in [0.29, 0.717) is 12.5 Å². The lowest BCUT2D eigenvalue weighted by molar-refractivity contribution is 0.223. The van der Waals surface area contributed by atoms with Crippen LogP contribution in [0.2, 0.25) is 0 Å². The van der Waals surface area contributed by atoms with Gasteiger partial charge in [-0.3, -0.25) is 4.90 Å². The molecule has 0 unspecified atom stereocenters. The van der Waals surface area contributed by atoms with Gasteiger partial charge < -0.3 is 4.74 Å². The Labute approximate surface area is 144 Å². The second-order valence-electron chi connectivity index (χ2n) is 4.86. The van der Waals surface area contributed by atoms with Crippen molar-refractivity contribution in [2.24, 2.45) is 0 Å². The lowest BCUT2D eigenvalue weighted by Gasteiger charge is -2.19. The summed E-state index contributed by atoms with van der Waals surface area (Å²) in [5.74, 6) is 1.58. The number of hydrogen-bond acceptors (Lipinski definition) is 2. The minimum absolute atomic E-state index is 0. The molecular formula is C18H23Cl2NO. The summed E-state index contributed by atoms with van der Waals surface area (Å²) in [5, 5.41) is 0. The van der Waals surface area contributed by atoms with Crippen molar-refractivity contribution in [3.8, 4) is 16.9 Å². The molecule has 0 N–H and O–H groups in total. The normalized spacial score (nSPS) is 10.3. The Morgan fingerprint density at radius 1 is 0.909 bits per heavy atom. The van der Waals surface area contributed by atoms with Gasteiger partial charge in [0.05, 0.1) is 0 Å². The van der Waals surface area contributed by atoms with E-state index >= 15 is 0 Å². The van der Waals surface area contributed by atoms with Gasteiger partial charge in [-0.15, -0.1) is 24.0 Å². The number of rotatable bonds is 8. The third-order valence-electron chi connectivity index (χ3n) is 3.49. The Bertz CT molecular complexity index is 516. The molecule has 0 heterocycles. The molecule has 0 saturated heterocycles. The maximum absolute atomic E-state index is 5.79. The van der Waals surface area contributed by atoms with Crippen molar-refractivity contribution in [1.82, 2.24) is 4.90 Å². The number of ether oxygens (including phenoxy) is 1. The molecule has 0 atom stereocenters. The fourth-order valence-electron chi connectivity index (χ4n) is 2.21. The van der Waals surface area contributed by atoms with Crippen LogP contribution in [0.5, 0.6) is 5.75 Å². The van der Waals surface area contributed by atoms with Crippen LogP contribution in [-0.2, 0) is 0 Å². The zero-order valence-electron chi connectivity index (χ0n) is 12.9. The quantitative estimate of drug-likeness (QED) is 0.645. The summed E-state index contributed by atoms with van der Waals surface area (Å²) in [6.45, 7) is 5.65.